The first-order valence-corrected chi connectivity index (χ1v) is 4.94. The van der Waals surface area contributed by atoms with Gasteiger partial charge in [-0.3, -0.25) is 4.68 Å². The van der Waals surface area contributed by atoms with Crippen molar-refractivity contribution >= 4 is 5.82 Å². The number of nitrogens with two attached hydrogens (primary N) is 1. The van der Waals surface area contributed by atoms with Gasteiger partial charge in [-0.25, -0.2) is 0 Å². The maximum absolute atomic E-state index is 5.94. The van der Waals surface area contributed by atoms with E-state index in [2.05, 4.69) is 37.1 Å². The number of hydrogen-bond donors (Lipinski definition) is 1. The molecule has 3 heteroatoms. The molecule has 0 saturated heterocycles. The Morgan fingerprint density at radius 2 is 1.73 bits per heavy atom. The minimum Gasteiger partial charge on any atom is -0.383 e. The number of rotatable bonds is 1. The van der Waals surface area contributed by atoms with Crippen molar-refractivity contribution in [3.63, 3.8) is 0 Å². The van der Waals surface area contributed by atoms with Crippen molar-refractivity contribution in [2.75, 3.05) is 5.73 Å². The van der Waals surface area contributed by atoms with Gasteiger partial charge in [0.05, 0.1) is 6.20 Å². The zero-order valence-electron chi connectivity index (χ0n) is 9.28. The van der Waals surface area contributed by atoms with Gasteiger partial charge in [0.25, 0.3) is 0 Å². The molecular formula is C12H15N3. The lowest BCUT2D eigenvalue weighted by Crippen LogP contribution is -1.98. The van der Waals surface area contributed by atoms with Crippen LogP contribution in [0.2, 0.25) is 0 Å². The number of hydrogen-bond acceptors (Lipinski definition) is 2. The van der Waals surface area contributed by atoms with Crippen LogP contribution in [0.1, 0.15) is 11.1 Å². The van der Waals surface area contributed by atoms with Crippen molar-refractivity contribution in [1.29, 1.82) is 0 Å². The molecule has 0 aliphatic rings. The Morgan fingerprint density at radius 1 is 1.13 bits per heavy atom. The third kappa shape index (κ3) is 1.73. The first-order valence-electron chi connectivity index (χ1n) is 4.94. The minimum absolute atomic E-state index is 0.708. The van der Waals surface area contributed by atoms with Crippen LogP contribution in [0.25, 0.3) is 11.1 Å². The van der Waals surface area contributed by atoms with Gasteiger partial charge in [-0.15, -0.1) is 0 Å². The molecule has 78 valence electrons. The molecule has 0 spiro atoms. The second-order valence-corrected chi connectivity index (χ2v) is 3.94. The van der Waals surface area contributed by atoms with Crippen LogP contribution in [0.3, 0.4) is 0 Å². The summed E-state index contributed by atoms with van der Waals surface area (Å²) < 4.78 is 1.69. The lowest BCUT2D eigenvalue weighted by molar-refractivity contribution is 0.779. The summed E-state index contributed by atoms with van der Waals surface area (Å²) in [7, 11) is 1.85. The standard InChI is InChI=1S/C12H15N3/c1-8-4-9(2)6-10(5-8)11-7-14-15(3)12(11)13/h4-7H,13H2,1-3H3. The topological polar surface area (TPSA) is 43.8 Å². The smallest absolute Gasteiger partial charge is 0.129 e. The highest BCUT2D eigenvalue weighted by molar-refractivity contribution is 5.74. The lowest BCUT2D eigenvalue weighted by Gasteiger charge is -2.04. The molecular weight excluding hydrogens is 186 g/mol. The molecule has 0 bridgehead atoms. The molecule has 1 aromatic heterocycles. The van der Waals surface area contributed by atoms with Crippen LogP contribution in [0.4, 0.5) is 5.82 Å². The summed E-state index contributed by atoms with van der Waals surface area (Å²) in [6.07, 6.45) is 1.81. The van der Waals surface area contributed by atoms with Crippen LogP contribution < -0.4 is 5.73 Å². The van der Waals surface area contributed by atoms with E-state index in [1.807, 2.05) is 13.2 Å². The SMILES string of the molecule is Cc1cc(C)cc(-c2cnn(C)c2N)c1. The van der Waals surface area contributed by atoms with E-state index in [9.17, 15) is 0 Å². The summed E-state index contributed by atoms with van der Waals surface area (Å²) in [4.78, 5) is 0. The quantitative estimate of drug-likeness (QED) is 0.769. The van der Waals surface area contributed by atoms with Crippen LogP contribution >= 0.6 is 0 Å². The van der Waals surface area contributed by atoms with E-state index >= 15 is 0 Å². The molecule has 0 amide bonds. The highest BCUT2D eigenvalue weighted by atomic mass is 15.3. The highest BCUT2D eigenvalue weighted by Gasteiger charge is 2.07. The van der Waals surface area contributed by atoms with E-state index in [0.29, 0.717) is 5.82 Å². The number of nitrogens with zero attached hydrogens (tertiary/aromatic N) is 2. The fraction of sp³-hybridized carbons (Fsp3) is 0.250. The van der Waals surface area contributed by atoms with Crippen molar-refractivity contribution in [1.82, 2.24) is 9.78 Å². The first-order chi connectivity index (χ1) is 7.08. The predicted octanol–water partition coefficient (Wildman–Crippen LogP) is 2.29. The molecule has 3 nitrogen and oxygen atoms in total. The maximum Gasteiger partial charge on any atom is 0.129 e. The van der Waals surface area contributed by atoms with Crippen LogP contribution in [-0.2, 0) is 7.05 Å². The van der Waals surface area contributed by atoms with Crippen LogP contribution in [0.15, 0.2) is 24.4 Å². The Morgan fingerprint density at radius 3 is 2.20 bits per heavy atom. The van der Waals surface area contributed by atoms with E-state index in [1.54, 1.807) is 4.68 Å². The van der Waals surface area contributed by atoms with E-state index in [0.717, 1.165) is 11.1 Å². The zero-order valence-corrected chi connectivity index (χ0v) is 9.28. The van der Waals surface area contributed by atoms with Gasteiger partial charge in [-0.05, 0) is 19.4 Å². The van der Waals surface area contributed by atoms with Crippen molar-refractivity contribution in [3.05, 3.63) is 35.5 Å². The Kier molecular flexibility index (Phi) is 2.23. The van der Waals surface area contributed by atoms with Crippen molar-refractivity contribution in [3.8, 4) is 11.1 Å². The van der Waals surface area contributed by atoms with E-state index in [4.69, 9.17) is 5.73 Å². The number of anilines is 1. The van der Waals surface area contributed by atoms with Gasteiger partial charge in [0.15, 0.2) is 0 Å². The number of aryl methyl sites for hydroxylation is 3. The molecule has 0 fully saturated rings. The molecule has 0 radical (unpaired) electrons. The minimum atomic E-state index is 0.708. The van der Waals surface area contributed by atoms with Gasteiger partial charge >= 0.3 is 0 Å². The second kappa shape index (κ2) is 3.42. The summed E-state index contributed by atoms with van der Waals surface area (Å²) >= 11 is 0. The summed E-state index contributed by atoms with van der Waals surface area (Å²) in [5.41, 5.74) is 10.6. The predicted molar refractivity (Wildman–Crippen MR) is 62.5 cm³/mol. The molecule has 0 atom stereocenters. The van der Waals surface area contributed by atoms with E-state index < -0.39 is 0 Å². The van der Waals surface area contributed by atoms with Crippen LogP contribution in [-0.4, -0.2) is 9.78 Å². The molecule has 2 aromatic rings. The van der Waals surface area contributed by atoms with Crippen LogP contribution in [0, 0.1) is 13.8 Å². The average molecular weight is 201 g/mol. The summed E-state index contributed by atoms with van der Waals surface area (Å²) in [5.74, 6) is 0.708. The summed E-state index contributed by atoms with van der Waals surface area (Å²) in [6, 6.07) is 6.40. The second-order valence-electron chi connectivity index (χ2n) is 3.94. The lowest BCUT2D eigenvalue weighted by atomic mass is 10.0. The first kappa shape index (κ1) is 9.77. The molecule has 0 aliphatic carbocycles. The summed E-state index contributed by atoms with van der Waals surface area (Å²) in [5, 5.41) is 4.14. The highest BCUT2D eigenvalue weighted by Crippen LogP contribution is 2.26. The fourth-order valence-corrected chi connectivity index (χ4v) is 1.80. The van der Waals surface area contributed by atoms with Crippen molar-refractivity contribution in [2.45, 2.75) is 13.8 Å². The van der Waals surface area contributed by atoms with Gasteiger partial charge in [0.1, 0.15) is 5.82 Å². The van der Waals surface area contributed by atoms with Gasteiger partial charge in [-0.2, -0.15) is 5.10 Å². The Bertz CT molecular complexity index is 477. The monoisotopic (exact) mass is 201 g/mol. The number of aromatic nitrogens is 2. The van der Waals surface area contributed by atoms with Crippen molar-refractivity contribution in [2.24, 2.45) is 7.05 Å². The molecule has 1 aromatic carbocycles. The van der Waals surface area contributed by atoms with Gasteiger partial charge in [0.2, 0.25) is 0 Å². The third-order valence-electron chi connectivity index (χ3n) is 2.52. The normalized spacial score (nSPS) is 10.6. The Balaban J connectivity index is 2.58. The molecule has 0 saturated carbocycles. The summed E-state index contributed by atoms with van der Waals surface area (Å²) in [6.45, 7) is 4.17. The van der Waals surface area contributed by atoms with E-state index in [-0.39, 0.29) is 0 Å². The molecule has 1 heterocycles. The largest absolute Gasteiger partial charge is 0.383 e. The molecule has 0 unspecified atom stereocenters. The van der Waals surface area contributed by atoms with Gasteiger partial charge in [-0.1, -0.05) is 29.3 Å². The maximum atomic E-state index is 5.94. The fourth-order valence-electron chi connectivity index (χ4n) is 1.80. The number of benzene rings is 1. The average Bonchev–Trinajstić information content (AvgIpc) is 2.46. The van der Waals surface area contributed by atoms with Gasteiger partial charge < -0.3 is 5.73 Å². The molecule has 15 heavy (non-hydrogen) atoms. The molecule has 2 rings (SSSR count). The Labute approximate surface area is 89.5 Å². The molecule has 0 aliphatic heterocycles. The van der Waals surface area contributed by atoms with E-state index in [1.165, 1.54) is 11.1 Å². The Hall–Kier alpha value is -1.77. The third-order valence-corrected chi connectivity index (χ3v) is 2.52. The van der Waals surface area contributed by atoms with Crippen LogP contribution in [0.5, 0.6) is 0 Å². The van der Waals surface area contributed by atoms with Gasteiger partial charge in [0, 0.05) is 12.6 Å². The van der Waals surface area contributed by atoms with Crippen molar-refractivity contribution < 1.29 is 0 Å². The number of nitrogen functional groups attached to an aromatic ring is 1. The molecule has 2 N–H and O–H groups in total. The zero-order chi connectivity index (χ0) is 11.0.